The van der Waals surface area contributed by atoms with Crippen LogP contribution in [-0.4, -0.2) is 18.0 Å². The topological polar surface area (TPSA) is 3.24 Å². The van der Waals surface area contributed by atoms with Gasteiger partial charge in [-0.25, -0.2) is 0 Å². The Kier molecular flexibility index (Phi) is 1.96. The van der Waals surface area contributed by atoms with Crippen molar-refractivity contribution in [2.45, 2.75) is 19.8 Å². The quantitative estimate of drug-likeness (QED) is 0.480. The summed E-state index contributed by atoms with van der Waals surface area (Å²) in [6.45, 7) is 8.07. The van der Waals surface area contributed by atoms with Crippen LogP contribution in [-0.2, 0) is 0 Å². The number of likely N-dealkylation sites (tertiary alicyclic amines) is 1. The van der Waals surface area contributed by atoms with Crippen LogP contribution in [0.3, 0.4) is 0 Å². The summed E-state index contributed by atoms with van der Waals surface area (Å²) in [6.07, 6.45) is 2.66. The van der Waals surface area contributed by atoms with Gasteiger partial charge in [0, 0.05) is 13.1 Å². The maximum absolute atomic E-state index is 3.60. The molecule has 0 aliphatic carbocycles. The minimum absolute atomic E-state index is 1.20. The molecule has 0 atom stereocenters. The second-order valence-electron chi connectivity index (χ2n) is 2.46. The molecule has 50 valence electrons. The second kappa shape index (κ2) is 2.75. The standard InChI is InChI=1S/C8H13N/c1-3-8(2)9-6-4-5-7-9/h1,4-7H2,2H3. The highest BCUT2D eigenvalue weighted by Gasteiger charge is 2.09. The summed E-state index contributed by atoms with van der Waals surface area (Å²) in [5.41, 5.74) is 4.10. The van der Waals surface area contributed by atoms with E-state index >= 15 is 0 Å². The molecule has 0 saturated carbocycles. The molecule has 0 bridgehead atoms. The molecule has 1 saturated heterocycles. The summed E-state index contributed by atoms with van der Waals surface area (Å²) < 4.78 is 0. The van der Waals surface area contributed by atoms with Crippen LogP contribution in [0.2, 0.25) is 0 Å². The molecule has 1 aliphatic rings. The summed E-state index contributed by atoms with van der Waals surface area (Å²) in [5, 5.41) is 0. The van der Waals surface area contributed by atoms with Crippen molar-refractivity contribution < 1.29 is 0 Å². The normalized spacial score (nSPS) is 17.7. The van der Waals surface area contributed by atoms with E-state index in [1.807, 2.05) is 0 Å². The molecule has 0 N–H and O–H groups in total. The third-order valence-electron chi connectivity index (χ3n) is 1.84. The lowest BCUT2D eigenvalue weighted by Gasteiger charge is -2.14. The number of rotatable bonds is 1. The van der Waals surface area contributed by atoms with E-state index in [0.29, 0.717) is 0 Å². The Hall–Kier alpha value is -0.680. The molecule has 1 rings (SSSR count). The summed E-state index contributed by atoms with van der Waals surface area (Å²) in [7, 11) is 0. The molecule has 0 radical (unpaired) electrons. The minimum atomic E-state index is 1.20. The van der Waals surface area contributed by atoms with Crippen LogP contribution in [0.25, 0.3) is 0 Å². The first kappa shape index (κ1) is 6.44. The molecule has 1 aliphatic heterocycles. The highest BCUT2D eigenvalue weighted by molar-refractivity contribution is 4.95. The van der Waals surface area contributed by atoms with Crippen LogP contribution in [0.15, 0.2) is 18.0 Å². The highest BCUT2D eigenvalue weighted by atomic mass is 15.1. The maximum Gasteiger partial charge on any atom is 0.0526 e. The van der Waals surface area contributed by atoms with Gasteiger partial charge in [-0.05, 0) is 19.8 Å². The Morgan fingerprint density at radius 2 is 2.00 bits per heavy atom. The van der Waals surface area contributed by atoms with Gasteiger partial charge < -0.3 is 4.90 Å². The molecule has 1 heterocycles. The summed E-state index contributed by atoms with van der Waals surface area (Å²) in [5.74, 6) is 0. The lowest BCUT2D eigenvalue weighted by Crippen LogP contribution is -2.15. The molecule has 0 amide bonds. The molecule has 9 heavy (non-hydrogen) atoms. The van der Waals surface area contributed by atoms with Crippen molar-refractivity contribution in [3.63, 3.8) is 0 Å². The van der Waals surface area contributed by atoms with Crippen LogP contribution in [0, 0.1) is 0 Å². The Morgan fingerprint density at radius 3 is 2.44 bits per heavy atom. The zero-order chi connectivity index (χ0) is 6.69. The van der Waals surface area contributed by atoms with E-state index < -0.39 is 0 Å². The lowest BCUT2D eigenvalue weighted by molar-refractivity contribution is 0.429. The molecule has 0 aromatic carbocycles. The van der Waals surface area contributed by atoms with E-state index in [-0.39, 0.29) is 0 Å². The van der Waals surface area contributed by atoms with Gasteiger partial charge in [-0.15, -0.1) is 5.73 Å². The van der Waals surface area contributed by atoms with Crippen molar-refractivity contribution in [2.24, 2.45) is 0 Å². The zero-order valence-electron chi connectivity index (χ0n) is 5.98. The fraction of sp³-hybridized carbons (Fsp3) is 0.625. The van der Waals surface area contributed by atoms with Gasteiger partial charge >= 0.3 is 0 Å². The Labute approximate surface area is 56.7 Å². The molecule has 1 fully saturated rings. The monoisotopic (exact) mass is 123 g/mol. The van der Waals surface area contributed by atoms with Crippen molar-refractivity contribution in [1.82, 2.24) is 4.90 Å². The van der Waals surface area contributed by atoms with Crippen LogP contribution in [0.1, 0.15) is 19.8 Å². The molecular weight excluding hydrogens is 110 g/mol. The van der Waals surface area contributed by atoms with Gasteiger partial charge in [0.1, 0.15) is 0 Å². The van der Waals surface area contributed by atoms with E-state index in [1.54, 1.807) is 0 Å². The molecule has 0 aromatic heterocycles. The molecule has 1 heteroatoms. The average molecular weight is 123 g/mol. The molecular formula is C8H13N. The van der Waals surface area contributed by atoms with E-state index in [1.165, 1.54) is 31.6 Å². The SMILES string of the molecule is C=C=C(C)N1CCCC1. The van der Waals surface area contributed by atoms with Crippen molar-refractivity contribution in [3.05, 3.63) is 18.0 Å². The predicted octanol–water partition coefficient (Wildman–Crippen LogP) is 1.77. The average Bonchev–Trinajstić information content (AvgIpc) is 2.37. The van der Waals surface area contributed by atoms with Crippen LogP contribution >= 0.6 is 0 Å². The first-order chi connectivity index (χ1) is 4.34. The largest absolute Gasteiger partial charge is 0.369 e. The number of nitrogens with zero attached hydrogens (tertiary/aromatic N) is 1. The molecule has 0 unspecified atom stereocenters. The number of hydrogen-bond donors (Lipinski definition) is 0. The lowest BCUT2D eigenvalue weighted by atomic mass is 10.4. The van der Waals surface area contributed by atoms with Crippen molar-refractivity contribution in [2.75, 3.05) is 13.1 Å². The Bertz CT molecular complexity index is 137. The zero-order valence-corrected chi connectivity index (χ0v) is 5.98. The summed E-state index contributed by atoms with van der Waals surface area (Å²) in [4.78, 5) is 2.33. The Morgan fingerprint density at radius 1 is 1.44 bits per heavy atom. The Balaban J connectivity index is 2.51. The van der Waals surface area contributed by atoms with Gasteiger partial charge in [0.25, 0.3) is 0 Å². The highest BCUT2D eigenvalue weighted by Crippen LogP contribution is 2.12. The van der Waals surface area contributed by atoms with Crippen LogP contribution in [0.5, 0.6) is 0 Å². The van der Waals surface area contributed by atoms with Crippen LogP contribution in [0.4, 0.5) is 0 Å². The summed E-state index contributed by atoms with van der Waals surface area (Å²) >= 11 is 0. The third kappa shape index (κ3) is 1.36. The minimum Gasteiger partial charge on any atom is -0.369 e. The fourth-order valence-corrected chi connectivity index (χ4v) is 1.16. The van der Waals surface area contributed by atoms with E-state index in [9.17, 15) is 0 Å². The van der Waals surface area contributed by atoms with Gasteiger partial charge in [0.15, 0.2) is 0 Å². The molecule has 1 nitrogen and oxygen atoms in total. The maximum atomic E-state index is 3.60. The second-order valence-corrected chi connectivity index (χ2v) is 2.46. The first-order valence-corrected chi connectivity index (χ1v) is 3.46. The molecule has 0 aromatic rings. The van der Waals surface area contributed by atoms with Gasteiger partial charge in [0.05, 0.1) is 5.70 Å². The van der Waals surface area contributed by atoms with Gasteiger partial charge in [-0.3, -0.25) is 0 Å². The third-order valence-corrected chi connectivity index (χ3v) is 1.84. The predicted molar refractivity (Wildman–Crippen MR) is 39.1 cm³/mol. The van der Waals surface area contributed by atoms with E-state index in [2.05, 4.69) is 24.1 Å². The smallest absolute Gasteiger partial charge is 0.0526 e. The van der Waals surface area contributed by atoms with Gasteiger partial charge in [-0.2, -0.15) is 0 Å². The first-order valence-electron chi connectivity index (χ1n) is 3.46. The van der Waals surface area contributed by atoms with Crippen molar-refractivity contribution in [1.29, 1.82) is 0 Å². The van der Waals surface area contributed by atoms with Crippen LogP contribution < -0.4 is 0 Å². The van der Waals surface area contributed by atoms with Crippen molar-refractivity contribution in [3.8, 4) is 0 Å². The van der Waals surface area contributed by atoms with Gasteiger partial charge in [0.2, 0.25) is 0 Å². The summed E-state index contributed by atoms with van der Waals surface area (Å²) in [6, 6.07) is 0. The van der Waals surface area contributed by atoms with Crippen molar-refractivity contribution >= 4 is 0 Å². The number of allylic oxidation sites excluding steroid dienone is 1. The number of hydrogen-bond acceptors (Lipinski definition) is 1. The van der Waals surface area contributed by atoms with Gasteiger partial charge in [-0.1, -0.05) is 6.58 Å². The van der Waals surface area contributed by atoms with E-state index in [4.69, 9.17) is 0 Å². The van der Waals surface area contributed by atoms with E-state index in [0.717, 1.165) is 0 Å². The molecule has 0 spiro atoms. The fourth-order valence-electron chi connectivity index (χ4n) is 1.16.